The van der Waals surface area contributed by atoms with Gasteiger partial charge in [-0.3, -0.25) is 9.59 Å². The lowest BCUT2D eigenvalue weighted by molar-refractivity contribution is 0.0986. The van der Waals surface area contributed by atoms with E-state index in [1.807, 2.05) is 30.3 Å². The first kappa shape index (κ1) is 20.7. The van der Waals surface area contributed by atoms with Gasteiger partial charge in [-0.25, -0.2) is 8.78 Å². The van der Waals surface area contributed by atoms with Gasteiger partial charge in [0.1, 0.15) is 11.6 Å². The number of carbonyl (C=O) groups is 2. The lowest BCUT2D eigenvalue weighted by Crippen LogP contribution is -2.04. The van der Waals surface area contributed by atoms with Crippen LogP contribution in [-0.2, 0) is 19.4 Å². The Morgan fingerprint density at radius 1 is 0.742 bits per heavy atom. The number of nitrogens with two attached hydrogens (primary N) is 1. The third-order valence-electron chi connectivity index (χ3n) is 5.65. The first-order valence-electron chi connectivity index (χ1n) is 10.2. The predicted octanol–water partition coefficient (Wildman–Crippen LogP) is 5.10. The summed E-state index contributed by atoms with van der Waals surface area (Å²) >= 11 is 0. The van der Waals surface area contributed by atoms with Crippen molar-refractivity contribution < 1.29 is 18.4 Å². The predicted molar refractivity (Wildman–Crippen MR) is 116 cm³/mol. The largest absolute Gasteiger partial charge is 0.396 e. The molecular weight excluding hydrogens is 398 g/mol. The molecule has 3 aromatic rings. The summed E-state index contributed by atoms with van der Waals surface area (Å²) in [5.41, 5.74) is 9.14. The maximum absolute atomic E-state index is 14.2. The molecule has 3 N–H and O–H groups in total. The Labute approximate surface area is 179 Å². The SMILES string of the molecule is Nc1ccc2c(c1F)CCC2=O.O=C1CCc2c1ccc(NCc1ccccc1)c2F. The van der Waals surface area contributed by atoms with E-state index in [9.17, 15) is 18.4 Å². The average Bonchev–Trinajstić information content (AvgIpc) is 3.35. The van der Waals surface area contributed by atoms with Gasteiger partial charge in [0.2, 0.25) is 0 Å². The minimum absolute atomic E-state index is 0.0175. The number of ketones is 2. The lowest BCUT2D eigenvalue weighted by atomic mass is 10.1. The van der Waals surface area contributed by atoms with Gasteiger partial charge in [-0.2, -0.15) is 0 Å². The molecule has 0 aliphatic heterocycles. The van der Waals surface area contributed by atoms with Crippen LogP contribution in [-0.4, -0.2) is 11.6 Å². The number of hydrogen-bond acceptors (Lipinski definition) is 4. The third-order valence-corrected chi connectivity index (χ3v) is 5.65. The number of carbonyl (C=O) groups excluding carboxylic acids is 2. The zero-order valence-corrected chi connectivity index (χ0v) is 16.9. The zero-order chi connectivity index (χ0) is 22.0. The van der Waals surface area contributed by atoms with Gasteiger partial charge in [0.05, 0.1) is 11.4 Å². The monoisotopic (exact) mass is 420 g/mol. The average molecular weight is 420 g/mol. The van der Waals surface area contributed by atoms with Crippen molar-refractivity contribution >= 4 is 22.9 Å². The molecule has 2 aliphatic rings. The zero-order valence-electron chi connectivity index (χ0n) is 16.9. The van der Waals surface area contributed by atoms with Gasteiger partial charge >= 0.3 is 0 Å². The van der Waals surface area contributed by atoms with Crippen LogP contribution in [0.3, 0.4) is 0 Å². The molecule has 158 valence electrons. The maximum atomic E-state index is 14.2. The summed E-state index contributed by atoms with van der Waals surface area (Å²) < 4.78 is 27.4. The number of halogens is 2. The minimum Gasteiger partial charge on any atom is -0.396 e. The van der Waals surface area contributed by atoms with Gasteiger partial charge in [-0.1, -0.05) is 30.3 Å². The Hall–Kier alpha value is -3.54. The van der Waals surface area contributed by atoms with E-state index in [0.29, 0.717) is 60.2 Å². The third kappa shape index (κ3) is 4.19. The van der Waals surface area contributed by atoms with Gasteiger partial charge in [0.15, 0.2) is 11.6 Å². The van der Waals surface area contributed by atoms with E-state index < -0.39 is 5.82 Å². The molecule has 0 amide bonds. The van der Waals surface area contributed by atoms with Gasteiger partial charge in [-0.05, 0) is 42.7 Å². The summed E-state index contributed by atoms with van der Waals surface area (Å²) in [6.45, 7) is 0.574. The molecule has 4 nitrogen and oxygen atoms in total. The summed E-state index contributed by atoms with van der Waals surface area (Å²) in [5.74, 6) is -0.634. The van der Waals surface area contributed by atoms with E-state index in [0.717, 1.165) is 5.56 Å². The van der Waals surface area contributed by atoms with Crippen molar-refractivity contribution in [2.75, 3.05) is 11.1 Å². The van der Waals surface area contributed by atoms with Gasteiger partial charge in [0, 0.05) is 41.6 Å². The summed E-state index contributed by atoms with van der Waals surface area (Å²) in [4.78, 5) is 22.6. The van der Waals surface area contributed by atoms with Gasteiger partial charge < -0.3 is 11.1 Å². The second-order valence-corrected chi connectivity index (χ2v) is 7.63. The number of benzene rings is 3. The molecule has 2 aliphatic carbocycles. The first-order chi connectivity index (χ1) is 15.0. The highest BCUT2D eigenvalue weighted by Gasteiger charge is 2.24. The molecule has 31 heavy (non-hydrogen) atoms. The van der Waals surface area contributed by atoms with Crippen molar-refractivity contribution in [2.45, 2.75) is 32.2 Å². The van der Waals surface area contributed by atoms with Crippen molar-refractivity contribution in [3.05, 3.63) is 94.0 Å². The molecule has 0 fully saturated rings. The fourth-order valence-corrected chi connectivity index (χ4v) is 3.95. The Morgan fingerprint density at radius 2 is 1.32 bits per heavy atom. The standard InChI is InChI=1S/C16H14FNO.C9H8FNO/c17-16-13-7-9-15(19)12(13)6-8-14(16)18-10-11-4-2-1-3-5-11;10-9-6-2-4-8(12)5(6)1-3-7(9)11/h1-6,8,18H,7,9-10H2;1,3H,2,4,11H2. The summed E-state index contributed by atoms with van der Waals surface area (Å²) in [5, 5.41) is 3.09. The van der Waals surface area contributed by atoms with Gasteiger partial charge in [-0.15, -0.1) is 0 Å². The molecule has 3 aromatic carbocycles. The highest BCUT2D eigenvalue weighted by atomic mass is 19.1. The molecule has 0 aromatic heterocycles. The Kier molecular flexibility index (Phi) is 5.80. The second-order valence-electron chi connectivity index (χ2n) is 7.63. The van der Waals surface area contributed by atoms with Crippen molar-refractivity contribution in [1.82, 2.24) is 0 Å². The fraction of sp³-hybridized carbons (Fsp3) is 0.200. The normalized spacial score (nSPS) is 14.0. The highest BCUT2D eigenvalue weighted by molar-refractivity contribution is 6.01. The second kappa shape index (κ2) is 8.68. The molecule has 0 saturated carbocycles. The highest BCUT2D eigenvalue weighted by Crippen LogP contribution is 2.29. The van der Waals surface area contributed by atoms with Crippen LogP contribution in [0.5, 0.6) is 0 Å². The Morgan fingerprint density at radius 3 is 1.97 bits per heavy atom. The van der Waals surface area contributed by atoms with E-state index in [1.54, 1.807) is 18.2 Å². The van der Waals surface area contributed by atoms with Crippen molar-refractivity contribution in [3.8, 4) is 0 Å². The minimum atomic E-state index is -0.418. The molecule has 0 atom stereocenters. The summed E-state index contributed by atoms with van der Waals surface area (Å²) in [6.07, 6.45) is 1.84. The lowest BCUT2D eigenvalue weighted by Gasteiger charge is -2.10. The smallest absolute Gasteiger partial charge is 0.163 e. The molecule has 0 unspecified atom stereocenters. The fourth-order valence-electron chi connectivity index (χ4n) is 3.95. The molecule has 0 heterocycles. The summed E-state index contributed by atoms with van der Waals surface area (Å²) in [7, 11) is 0. The molecule has 0 radical (unpaired) electrons. The van der Waals surface area contributed by atoms with Crippen LogP contribution >= 0.6 is 0 Å². The molecule has 0 saturated heterocycles. The van der Waals surface area contributed by atoms with Crippen LogP contribution in [0.15, 0.2) is 54.6 Å². The van der Waals surface area contributed by atoms with Gasteiger partial charge in [0.25, 0.3) is 0 Å². The summed E-state index contributed by atoms with van der Waals surface area (Å²) in [6, 6.07) is 16.3. The van der Waals surface area contributed by atoms with E-state index in [-0.39, 0.29) is 23.1 Å². The number of anilines is 2. The molecule has 5 rings (SSSR count). The molecular formula is C25H22F2N2O2. The van der Waals surface area contributed by atoms with Crippen LogP contribution < -0.4 is 11.1 Å². The van der Waals surface area contributed by atoms with E-state index in [4.69, 9.17) is 5.73 Å². The van der Waals surface area contributed by atoms with Crippen LogP contribution in [0.2, 0.25) is 0 Å². The number of fused-ring (bicyclic) bond motifs is 2. The van der Waals surface area contributed by atoms with E-state index in [2.05, 4.69) is 5.32 Å². The van der Waals surface area contributed by atoms with E-state index in [1.165, 1.54) is 6.07 Å². The quantitative estimate of drug-likeness (QED) is 0.578. The topological polar surface area (TPSA) is 72.2 Å². The van der Waals surface area contributed by atoms with E-state index >= 15 is 0 Å². The molecule has 0 spiro atoms. The first-order valence-corrected chi connectivity index (χ1v) is 10.2. The Balaban J connectivity index is 0.000000166. The van der Waals surface area contributed by atoms with Crippen molar-refractivity contribution in [2.24, 2.45) is 0 Å². The number of nitrogen functional groups attached to an aromatic ring is 1. The molecule has 6 heteroatoms. The van der Waals surface area contributed by atoms with Crippen LogP contribution in [0, 0.1) is 11.6 Å². The number of Topliss-reactive ketones (excluding diaryl/α,β-unsaturated/α-hetero) is 2. The number of rotatable bonds is 3. The number of hydrogen-bond donors (Lipinski definition) is 2. The van der Waals surface area contributed by atoms with Crippen LogP contribution in [0.25, 0.3) is 0 Å². The van der Waals surface area contributed by atoms with Crippen LogP contribution in [0.4, 0.5) is 20.2 Å². The maximum Gasteiger partial charge on any atom is 0.163 e. The molecule has 0 bridgehead atoms. The number of nitrogens with one attached hydrogen (secondary N) is 1. The Bertz CT molecular complexity index is 1160. The van der Waals surface area contributed by atoms with Crippen molar-refractivity contribution in [3.63, 3.8) is 0 Å². The van der Waals surface area contributed by atoms with Crippen LogP contribution in [0.1, 0.15) is 50.2 Å². The van der Waals surface area contributed by atoms with Crippen molar-refractivity contribution in [1.29, 1.82) is 0 Å².